The second-order valence-electron chi connectivity index (χ2n) is 5.29. The molecule has 1 aromatic carbocycles. The summed E-state index contributed by atoms with van der Waals surface area (Å²) in [6, 6.07) is 7.29. The summed E-state index contributed by atoms with van der Waals surface area (Å²) in [4.78, 5) is 40.8. The van der Waals surface area contributed by atoms with Crippen LogP contribution in [0.4, 0.5) is 4.39 Å². The fraction of sp³-hybridized carbons (Fsp3) is 0.267. The van der Waals surface area contributed by atoms with Crippen LogP contribution in [0.15, 0.2) is 39.9 Å². The van der Waals surface area contributed by atoms with Gasteiger partial charge in [-0.2, -0.15) is 0 Å². The molecule has 0 bridgehead atoms. The zero-order chi connectivity index (χ0) is 15.7. The molecule has 0 unspecified atom stereocenters. The first-order valence-electron chi connectivity index (χ1n) is 6.91. The quantitative estimate of drug-likeness (QED) is 0.861. The molecule has 7 heteroatoms. The molecule has 2 N–H and O–H groups in total. The Balaban J connectivity index is 1.77. The normalized spacial score (nSPS) is 17.7. The molecule has 0 saturated carbocycles. The number of aromatic nitrogens is 2. The lowest BCUT2D eigenvalue weighted by Gasteiger charge is -2.16. The molecule has 1 aliphatic heterocycles. The van der Waals surface area contributed by atoms with Crippen LogP contribution >= 0.6 is 0 Å². The molecule has 1 aromatic heterocycles. The number of hydrogen-bond donors (Lipinski definition) is 2. The number of H-pyrrole nitrogens is 2. The van der Waals surface area contributed by atoms with Crippen LogP contribution in [0.25, 0.3) is 0 Å². The van der Waals surface area contributed by atoms with Crippen molar-refractivity contribution in [2.75, 3.05) is 13.1 Å². The Bertz CT molecular complexity index is 782. The van der Waals surface area contributed by atoms with Crippen LogP contribution in [0.3, 0.4) is 0 Å². The monoisotopic (exact) mass is 303 g/mol. The molecule has 1 amide bonds. The van der Waals surface area contributed by atoms with E-state index in [2.05, 4.69) is 4.98 Å². The first kappa shape index (κ1) is 14.2. The lowest BCUT2D eigenvalue weighted by atomic mass is 9.99. The van der Waals surface area contributed by atoms with E-state index in [-0.39, 0.29) is 23.3 Å². The number of nitrogens with one attached hydrogen (secondary N) is 2. The lowest BCUT2D eigenvalue weighted by molar-refractivity contribution is 0.0784. The van der Waals surface area contributed by atoms with Gasteiger partial charge in [-0.3, -0.25) is 14.6 Å². The number of carbonyl (C=O) groups excluding carboxylic acids is 1. The first-order chi connectivity index (χ1) is 10.5. The molecule has 2 heterocycles. The zero-order valence-electron chi connectivity index (χ0n) is 11.6. The van der Waals surface area contributed by atoms with Gasteiger partial charge in [-0.25, -0.2) is 9.18 Å². The molecule has 0 radical (unpaired) electrons. The first-order valence-corrected chi connectivity index (χ1v) is 6.91. The zero-order valence-corrected chi connectivity index (χ0v) is 11.6. The molecule has 6 nitrogen and oxygen atoms in total. The molecule has 1 aliphatic rings. The van der Waals surface area contributed by atoms with Crippen molar-refractivity contribution in [1.82, 2.24) is 14.9 Å². The van der Waals surface area contributed by atoms with Crippen LogP contribution in [-0.2, 0) is 0 Å². The number of hydrogen-bond acceptors (Lipinski definition) is 3. The number of carbonyl (C=O) groups is 1. The summed E-state index contributed by atoms with van der Waals surface area (Å²) < 4.78 is 12.9. The van der Waals surface area contributed by atoms with Gasteiger partial charge >= 0.3 is 5.69 Å². The van der Waals surface area contributed by atoms with Gasteiger partial charge in [-0.15, -0.1) is 0 Å². The van der Waals surface area contributed by atoms with Crippen LogP contribution in [0.2, 0.25) is 0 Å². The number of benzene rings is 1. The van der Waals surface area contributed by atoms with E-state index in [0.717, 1.165) is 18.1 Å². The van der Waals surface area contributed by atoms with Gasteiger partial charge in [0.2, 0.25) is 0 Å². The van der Waals surface area contributed by atoms with Gasteiger partial charge in [0, 0.05) is 25.1 Å². The lowest BCUT2D eigenvalue weighted by Crippen LogP contribution is -2.33. The van der Waals surface area contributed by atoms with E-state index in [1.54, 1.807) is 17.0 Å². The number of halogens is 1. The highest BCUT2D eigenvalue weighted by atomic mass is 19.1. The minimum atomic E-state index is -0.704. The van der Waals surface area contributed by atoms with E-state index in [0.29, 0.717) is 13.1 Å². The third-order valence-corrected chi connectivity index (χ3v) is 3.81. The molecule has 3 rings (SSSR count). The Morgan fingerprint density at radius 2 is 1.91 bits per heavy atom. The smallest absolute Gasteiger partial charge is 0.326 e. The van der Waals surface area contributed by atoms with Gasteiger partial charge < -0.3 is 9.88 Å². The van der Waals surface area contributed by atoms with Crippen LogP contribution in [0.5, 0.6) is 0 Å². The van der Waals surface area contributed by atoms with Crippen molar-refractivity contribution < 1.29 is 9.18 Å². The summed E-state index contributed by atoms with van der Waals surface area (Å²) in [5.74, 6) is -0.554. The highest BCUT2D eigenvalue weighted by molar-refractivity contribution is 5.92. The average Bonchev–Trinajstić information content (AvgIpc) is 2.96. The third kappa shape index (κ3) is 2.83. The minimum absolute atomic E-state index is 0.0199. The Labute approximate surface area is 124 Å². The molecular formula is C15H14FN3O3. The van der Waals surface area contributed by atoms with Gasteiger partial charge in [0.25, 0.3) is 11.5 Å². The van der Waals surface area contributed by atoms with E-state index >= 15 is 0 Å². The van der Waals surface area contributed by atoms with Crippen LogP contribution in [0, 0.1) is 5.82 Å². The molecule has 1 saturated heterocycles. The van der Waals surface area contributed by atoms with E-state index in [1.807, 2.05) is 4.98 Å². The number of nitrogens with zero attached hydrogens (tertiary/aromatic N) is 1. The third-order valence-electron chi connectivity index (χ3n) is 3.81. The van der Waals surface area contributed by atoms with E-state index in [1.165, 1.54) is 12.1 Å². The number of likely N-dealkylation sites (tertiary alicyclic amines) is 1. The fourth-order valence-corrected chi connectivity index (χ4v) is 2.71. The van der Waals surface area contributed by atoms with Gasteiger partial charge in [0.1, 0.15) is 11.5 Å². The van der Waals surface area contributed by atoms with Crippen molar-refractivity contribution in [2.24, 2.45) is 0 Å². The van der Waals surface area contributed by atoms with Crippen molar-refractivity contribution in [3.05, 3.63) is 68.2 Å². The molecule has 2 aromatic rings. The van der Waals surface area contributed by atoms with Gasteiger partial charge in [-0.05, 0) is 24.1 Å². The summed E-state index contributed by atoms with van der Waals surface area (Å²) in [6.07, 6.45) is 0.755. The number of rotatable bonds is 2. The summed E-state index contributed by atoms with van der Waals surface area (Å²) in [5.41, 5.74) is -0.365. The average molecular weight is 303 g/mol. The SMILES string of the molecule is O=C(c1cc(=O)[nH]c(=O)[nH]1)N1CC[C@@H](c2ccc(F)cc2)C1. The predicted molar refractivity (Wildman–Crippen MR) is 77.3 cm³/mol. The van der Waals surface area contributed by atoms with Crippen LogP contribution in [-0.4, -0.2) is 33.9 Å². The van der Waals surface area contributed by atoms with E-state index in [4.69, 9.17) is 0 Å². The topological polar surface area (TPSA) is 86.0 Å². The van der Waals surface area contributed by atoms with E-state index < -0.39 is 11.2 Å². The van der Waals surface area contributed by atoms with Crippen molar-refractivity contribution in [1.29, 1.82) is 0 Å². The maximum atomic E-state index is 12.9. The summed E-state index contributed by atoms with van der Waals surface area (Å²) in [5, 5.41) is 0. The van der Waals surface area contributed by atoms with Gasteiger partial charge in [0.15, 0.2) is 0 Å². The molecule has 1 fully saturated rings. The highest BCUT2D eigenvalue weighted by Crippen LogP contribution is 2.27. The summed E-state index contributed by atoms with van der Waals surface area (Å²) in [6.45, 7) is 0.995. The predicted octanol–water partition coefficient (Wildman–Crippen LogP) is 0.832. The van der Waals surface area contributed by atoms with Crippen LogP contribution < -0.4 is 11.2 Å². The molecule has 114 valence electrons. The highest BCUT2D eigenvalue weighted by Gasteiger charge is 2.28. The molecular weight excluding hydrogens is 289 g/mol. The molecule has 0 aliphatic carbocycles. The maximum Gasteiger partial charge on any atom is 0.326 e. The minimum Gasteiger partial charge on any atom is -0.337 e. The van der Waals surface area contributed by atoms with Crippen LogP contribution in [0.1, 0.15) is 28.4 Å². The summed E-state index contributed by atoms with van der Waals surface area (Å²) in [7, 11) is 0. The molecule has 0 spiro atoms. The summed E-state index contributed by atoms with van der Waals surface area (Å²) >= 11 is 0. The standard InChI is InChI=1S/C15H14FN3O3/c16-11-3-1-9(2-4-11)10-5-6-19(8-10)14(21)12-7-13(20)18-15(22)17-12/h1-4,7,10H,5-6,8H2,(H2,17,18,20,22)/t10-/m1/s1. The van der Waals surface area contributed by atoms with E-state index in [9.17, 15) is 18.8 Å². The van der Waals surface area contributed by atoms with Gasteiger partial charge in [0.05, 0.1) is 0 Å². The van der Waals surface area contributed by atoms with Gasteiger partial charge in [-0.1, -0.05) is 12.1 Å². The van der Waals surface area contributed by atoms with Crippen molar-refractivity contribution in [2.45, 2.75) is 12.3 Å². The van der Waals surface area contributed by atoms with Crippen molar-refractivity contribution in [3.8, 4) is 0 Å². The largest absolute Gasteiger partial charge is 0.337 e. The van der Waals surface area contributed by atoms with Crippen molar-refractivity contribution >= 4 is 5.91 Å². The maximum absolute atomic E-state index is 12.9. The second-order valence-corrected chi connectivity index (χ2v) is 5.29. The Morgan fingerprint density at radius 3 is 2.59 bits per heavy atom. The van der Waals surface area contributed by atoms with Crippen molar-refractivity contribution in [3.63, 3.8) is 0 Å². The second kappa shape index (κ2) is 5.59. The fourth-order valence-electron chi connectivity index (χ4n) is 2.71. The Kier molecular flexibility index (Phi) is 3.62. The molecule has 22 heavy (non-hydrogen) atoms. The molecule has 1 atom stereocenters. The Hall–Kier alpha value is -2.70. The number of aromatic amines is 2. The number of amides is 1. The Morgan fingerprint density at radius 1 is 1.18 bits per heavy atom.